The molecule has 1 fully saturated rings. The standard InChI is InChI=1S/C19H25N3O3S2/c1-14-7-9-16(10-8-14)27(24,25)12-11-18-21-22-19(26-18)20-17(23)13-15-5-3-2-4-6-15/h7-10,15H,2-6,11-13H2,1H3,(H,20,22,23). The number of aromatic nitrogens is 2. The maximum atomic E-state index is 12.4. The van der Waals surface area contributed by atoms with Crippen molar-refractivity contribution in [3.05, 3.63) is 34.8 Å². The molecule has 0 radical (unpaired) electrons. The van der Waals surface area contributed by atoms with Crippen molar-refractivity contribution in [1.29, 1.82) is 0 Å². The molecule has 0 aliphatic heterocycles. The summed E-state index contributed by atoms with van der Waals surface area (Å²) in [5.74, 6) is 0.406. The number of hydrogen-bond acceptors (Lipinski definition) is 6. The molecule has 0 unspecified atom stereocenters. The number of anilines is 1. The molecule has 146 valence electrons. The lowest BCUT2D eigenvalue weighted by molar-refractivity contribution is -0.117. The molecule has 1 amide bonds. The fourth-order valence-electron chi connectivity index (χ4n) is 3.31. The van der Waals surface area contributed by atoms with Crippen molar-refractivity contribution in [2.24, 2.45) is 5.92 Å². The molecule has 1 heterocycles. The smallest absolute Gasteiger partial charge is 0.226 e. The van der Waals surface area contributed by atoms with Crippen LogP contribution in [0.1, 0.15) is 49.1 Å². The number of nitrogens with zero attached hydrogens (tertiary/aromatic N) is 2. The maximum absolute atomic E-state index is 12.4. The first-order valence-electron chi connectivity index (χ1n) is 9.34. The molecule has 1 N–H and O–H groups in total. The highest BCUT2D eigenvalue weighted by Gasteiger charge is 2.19. The quantitative estimate of drug-likeness (QED) is 0.755. The number of rotatable bonds is 7. The molecule has 2 aromatic rings. The van der Waals surface area contributed by atoms with Crippen LogP contribution in [0, 0.1) is 12.8 Å². The van der Waals surface area contributed by atoms with Crippen LogP contribution >= 0.6 is 11.3 Å². The maximum Gasteiger partial charge on any atom is 0.226 e. The van der Waals surface area contributed by atoms with Crippen molar-refractivity contribution in [2.45, 2.75) is 56.8 Å². The number of sulfone groups is 1. The zero-order valence-electron chi connectivity index (χ0n) is 15.5. The van der Waals surface area contributed by atoms with Gasteiger partial charge in [0.25, 0.3) is 0 Å². The van der Waals surface area contributed by atoms with Crippen molar-refractivity contribution in [3.8, 4) is 0 Å². The van der Waals surface area contributed by atoms with Crippen molar-refractivity contribution < 1.29 is 13.2 Å². The van der Waals surface area contributed by atoms with E-state index >= 15 is 0 Å². The number of aryl methyl sites for hydroxylation is 2. The fourth-order valence-corrected chi connectivity index (χ4v) is 5.45. The van der Waals surface area contributed by atoms with Gasteiger partial charge in [-0.05, 0) is 37.8 Å². The average molecular weight is 408 g/mol. The molecule has 27 heavy (non-hydrogen) atoms. The van der Waals surface area contributed by atoms with E-state index in [1.165, 1.54) is 30.6 Å². The van der Waals surface area contributed by atoms with E-state index in [4.69, 9.17) is 0 Å². The highest BCUT2D eigenvalue weighted by atomic mass is 32.2. The van der Waals surface area contributed by atoms with Crippen LogP contribution in [0.3, 0.4) is 0 Å². The zero-order valence-corrected chi connectivity index (χ0v) is 17.1. The Kier molecular flexibility index (Phi) is 6.59. The molecule has 1 saturated carbocycles. The molecule has 0 bridgehead atoms. The first-order valence-corrected chi connectivity index (χ1v) is 11.8. The summed E-state index contributed by atoms with van der Waals surface area (Å²) in [4.78, 5) is 12.5. The van der Waals surface area contributed by atoms with Gasteiger partial charge in [0.1, 0.15) is 5.01 Å². The fraction of sp³-hybridized carbons (Fsp3) is 0.526. The lowest BCUT2D eigenvalue weighted by atomic mass is 9.87. The van der Waals surface area contributed by atoms with Crippen LogP contribution in [0.5, 0.6) is 0 Å². The SMILES string of the molecule is Cc1ccc(S(=O)(=O)CCc2nnc(NC(=O)CC3CCCCC3)s2)cc1. The third-order valence-corrected chi connectivity index (χ3v) is 7.51. The van der Waals surface area contributed by atoms with Gasteiger partial charge in [0.05, 0.1) is 10.6 Å². The van der Waals surface area contributed by atoms with Crippen LogP contribution in [0.2, 0.25) is 0 Å². The lowest BCUT2D eigenvalue weighted by Crippen LogP contribution is -2.18. The first kappa shape index (κ1) is 19.9. The van der Waals surface area contributed by atoms with Gasteiger partial charge in [-0.1, -0.05) is 48.3 Å². The van der Waals surface area contributed by atoms with E-state index in [2.05, 4.69) is 15.5 Å². The summed E-state index contributed by atoms with van der Waals surface area (Å²) in [6, 6.07) is 6.83. The minimum Gasteiger partial charge on any atom is -0.301 e. The van der Waals surface area contributed by atoms with E-state index in [1.807, 2.05) is 6.92 Å². The van der Waals surface area contributed by atoms with Gasteiger partial charge in [-0.15, -0.1) is 10.2 Å². The van der Waals surface area contributed by atoms with Gasteiger partial charge in [0.2, 0.25) is 11.0 Å². The van der Waals surface area contributed by atoms with Crippen molar-refractivity contribution >= 4 is 32.2 Å². The minimum absolute atomic E-state index is 0.0271. The second-order valence-electron chi connectivity index (χ2n) is 7.14. The lowest BCUT2D eigenvalue weighted by Gasteiger charge is -2.20. The predicted molar refractivity (Wildman–Crippen MR) is 107 cm³/mol. The summed E-state index contributed by atoms with van der Waals surface area (Å²) in [7, 11) is -3.36. The van der Waals surface area contributed by atoms with Gasteiger partial charge in [-0.3, -0.25) is 4.79 Å². The Hall–Kier alpha value is -1.80. The molecule has 3 rings (SSSR count). The molecule has 0 saturated heterocycles. The van der Waals surface area contributed by atoms with Gasteiger partial charge < -0.3 is 5.32 Å². The third kappa shape index (κ3) is 5.84. The van der Waals surface area contributed by atoms with Gasteiger partial charge in [0, 0.05) is 12.8 Å². The molecule has 0 atom stereocenters. The van der Waals surface area contributed by atoms with E-state index in [0.717, 1.165) is 18.4 Å². The highest BCUT2D eigenvalue weighted by molar-refractivity contribution is 7.91. The van der Waals surface area contributed by atoms with Crippen molar-refractivity contribution in [3.63, 3.8) is 0 Å². The van der Waals surface area contributed by atoms with E-state index < -0.39 is 9.84 Å². The molecule has 1 aliphatic carbocycles. The number of carbonyl (C=O) groups is 1. The topological polar surface area (TPSA) is 89.0 Å². The predicted octanol–water partition coefficient (Wildman–Crippen LogP) is 3.77. The Morgan fingerprint density at radius 2 is 1.85 bits per heavy atom. The number of amides is 1. The van der Waals surface area contributed by atoms with Crippen molar-refractivity contribution in [1.82, 2.24) is 10.2 Å². The van der Waals surface area contributed by atoms with Gasteiger partial charge in [-0.2, -0.15) is 0 Å². The third-order valence-electron chi connectivity index (χ3n) is 4.88. The van der Waals surface area contributed by atoms with E-state index in [0.29, 0.717) is 27.4 Å². The Labute approximate surface area is 164 Å². The molecular formula is C19H25N3O3S2. The Bertz CT molecular complexity index is 870. The molecule has 1 aliphatic rings. The molecule has 8 heteroatoms. The van der Waals surface area contributed by atoms with Crippen LogP contribution in [-0.4, -0.2) is 30.3 Å². The molecular weight excluding hydrogens is 382 g/mol. The zero-order chi connectivity index (χ0) is 19.3. The molecule has 1 aromatic heterocycles. The van der Waals surface area contributed by atoms with Crippen LogP contribution < -0.4 is 5.32 Å². The second kappa shape index (κ2) is 8.93. The number of hydrogen-bond donors (Lipinski definition) is 1. The summed E-state index contributed by atoms with van der Waals surface area (Å²) in [6.45, 7) is 1.92. The van der Waals surface area contributed by atoms with Crippen LogP contribution in [0.15, 0.2) is 29.2 Å². The van der Waals surface area contributed by atoms with E-state index in [1.54, 1.807) is 24.3 Å². The number of benzene rings is 1. The van der Waals surface area contributed by atoms with Crippen molar-refractivity contribution in [2.75, 3.05) is 11.1 Å². The van der Waals surface area contributed by atoms with Gasteiger partial charge in [0.15, 0.2) is 9.84 Å². The van der Waals surface area contributed by atoms with Gasteiger partial charge in [-0.25, -0.2) is 8.42 Å². The summed E-state index contributed by atoms with van der Waals surface area (Å²) < 4.78 is 24.8. The number of carbonyl (C=O) groups excluding carboxylic acids is 1. The Balaban J connectivity index is 1.51. The van der Waals surface area contributed by atoms with Crippen LogP contribution in [-0.2, 0) is 21.1 Å². The van der Waals surface area contributed by atoms with E-state index in [9.17, 15) is 13.2 Å². The monoisotopic (exact) mass is 407 g/mol. The Morgan fingerprint density at radius 1 is 1.15 bits per heavy atom. The van der Waals surface area contributed by atoms with Crippen LogP contribution in [0.4, 0.5) is 5.13 Å². The number of nitrogens with one attached hydrogen (secondary N) is 1. The summed E-state index contributed by atoms with van der Waals surface area (Å²) in [5.41, 5.74) is 1.02. The Morgan fingerprint density at radius 3 is 2.56 bits per heavy atom. The first-order chi connectivity index (χ1) is 12.9. The summed E-state index contributed by atoms with van der Waals surface area (Å²) >= 11 is 1.24. The largest absolute Gasteiger partial charge is 0.301 e. The van der Waals surface area contributed by atoms with E-state index in [-0.39, 0.29) is 18.1 Å². The molecule has 6 nitrogen and oxygen atoms in total. The summed E-state index contributed by atoms with van der Waals surface area (Å²) in [5, 5.41) is 11.8. The average Bonchev–Trinajstić information content (AvgIpc) is 3.08. The molecule has 0 spiro atoms. The molecule has 1 aromatic carbocycles. The van der Waals surface area contributed by atoms with Gasteiger partial charge >= 0.3 is 0 Å². The minimum atomic E-state index is -3.36. The second-order valence-corrected chi connectivity index (χ2v) is 10.3. The van der Waals surface area contributed by atoms with Crippen LogP contribution in [0.25, 0.3) is 0 Å². The normalized spacial score (nSPS) is 15.6. The summed E-state index contributed by atoms with van der Waals surface area (Å²) in [6.07, 6.45) is 6.72. The highest BCUT2D eigenvalue weighted by Crippen LogP contribution is 2.27.